The summed E-state index contributed by atoms with van der Waals surface area (Å²) in [4.78, 5) is 14.0. The molecule has 1 N–H and O–H groups in total. The van der Waals surface area contributed by atoms with E-state index in [1.807, 2.05) is 11.7 Å². The molecule has 0 radical (unpaired) electrons. The summed E-state index contributed by atoms with van der Waals surface area (Å²) in [5, 5.41) is 7.26. The normalized spacial score (nSPS) is 17.7. The topological polar surface area (TPSA) is 50.2 Å². The maximum Gasteiger partial charge on any atom is 0.318 e. The maximum atomic E-state index is 14.0. The zero-order valence-corrected chi connectivity index (χ0v) is 14.6. The van der Waals surface area contributed by atoms with E-state index in [1.165, 1.54) is 4.90 Å². The van der Waals surface area contributed by atoms with Crippen LogP contribution in [0.25, 0.3) is 0 Å². The van der Waals surface area contributed by atoms with Crippen LogP contribution < -0.4 is 5.32 Å². The Hall–Kier alpha value is -2.44. The minimum absolute atomic E-state index is 0.114. The lowest BCUT2D eigenvalue weighted by atomic mass is 9.93. The largest absolute Gasteiger partial charge is 0.331 e. The second kappa shape index (κ2) is 6.82. The fourth-order valence-electron chi connectivity index (χ4n) is 3.33. The molecule has 0 saturated carbocycles. The highest BCUT2D eigenvalue weighted by molar-refractivity contribution is 5.75. The molecule has 0 aliphatic heterocycles. The molecule has 3 rings (SSSR count). The quantitative estimate of drug-likeness (QED) is 0.923. The van der Waals surface area contributed by atoms with Gasteiger partial charge >= 0.3 is 6.03 Å². The molecule has 0 saturated heterocycles. The first-order valence-corrected chi connectivity index (χ1v) is 8.37. The molecule has 0 bridgehead atoms. The van der Waals surface area contributed by atoms with Crippen LogP contribution in [0.1, 0.15) is 48.7 Å². The van der Waals surface area contributed by atoms with E-state index in [1.54, 1.807) is 20.2 Å². The number of aromatic nitrogens is 2. The molecule has 1 aliphatic carbocycles. The zero-order chi connectivity index (χ0) is 18.1. The number of halogens is 2. The van der Waals surface area contributed by atoms with Gasteiger partial charge in [0.2, 0.25) is 0 Å². The summed E-state index contributed by atoms with van der Waals surface area (Å²) < 4.78 is 29.2. The summed E-state index contributed by atoms with van der Waals surface area (Å²) in [5.74, 6) is -1.05. The van der Waals surface area contributed by atoms with Crippen molar-refractivity contribution in [1.82, 2.24) is 20.0 Å². The Morgan fingerprint density at radius 2 is 2.20 bits per heavy atom. The second-order valence-electron chi connectivity index (χ2n) is 6.52. The lowest BCUT2D eigenvalue weighted by molar-refractivity contribution is 0.188. The average Bonchev–Trinajstić information content (AvgIpc) is 2.98. The van der Waals surface area contributed by atoms with Crippen molar-refractivity contribution in [1.29, 1.82) is 0 Å². The summed E-state index contributed by atoms with van der Waals surface area (Å²) in [5.41, 5.74) is 2.31. The third-order valence-electron chi connectivity index (χ3n) is 4.98. The van der Waals surface area contributed by atoms with Crippen LogP contribution in [0.2, 0.25) is 0 Å². The Morgan fingerprint density at radius 1 is 1.44 bits per heavy atom. The summed E-state index contributed by atoms with van der Waals surface area (Å²) in [6.07, 6.45) is 4.53. The number of hydrogen-bond acceptors (Lipinski definition) is 2. The van der Waals surface area contributed by atoms with Crippen LogP contribution in [0.15, 0.2) is 24.4 Å². The van der Waals surface area contributed by atoms with Crippen LogP contribution in [0.4, 0.5) is 13.6 Å². The number of carbonyl (C=O) groups excluding carboxylic acids is 1. The monoisotopic (exact) mass is 348 g/mol. The lowest BCUT2D eigenvalue weighted by Gasteiger charge is -2.30. The van der Waals surface area contributed by atoms with Crippen molar-refractivity contribution in [2.75, 3.05) is 7.05 Å². The second-order valence-corrected chi connectivity index (χ2v) is 6.52. The van der Waals surface area contributed by atoms with Gasteiger partial charge in [-0.2, -0.15) is 5.10 Å². The molecule has 0 unspecified atom stereocenters. The average molecular weight is 348 g/mol. The SMILES string of the molecule is C[C@H](c1cc(F)ccc1F)N(C)C(=O)N[C@@H]1CCCc2c1cnn2C. The van der Waals surface area contributed by atoms with Gasteiger partial charge in [-0.05, 0) is 44.4 Å². The molecule has 0 fully saturated rings. The number of hydrogen-bond donors (Lipinski definition) is 1. The van der Waals surface area contributed by atoms with Gasteiger partial charge in [0.15, 0.2) is 0 Å². The Bertz CT molecular complexity index is 789. The first kappa shape index (κ1) is 17.4. The van der Waals surface area contributed by atoms with Crippen LogP contribution in [-0.2, 0) is 13.5 Å². The Labute approximate surface area is 145 Å². The number of nitrogens with zero attached hydrogens (tertiary/aromatic N) is 3. The van der Waals surface area contributed by atoms with Crippen molar-refractivity contribution in [2.24, 2.45) is 7.05 Å². The van der Waals surface area contributed by atoms with Gasteiger partial charge in [0.05, 0.1) is 18.3 Å². The minimum Gasteiger partial charge on any atom is -0.331 e. The smallest absolute Gasteiger partial charge is 0.318 e. The Balaban J connectivity index is 1.74. The van der Waals surface area contributed by atoms with Crippen molar-refractivity contribution < 1.29 is 13.6 Å². The molecule has 5 nitrogen and oxygen atoms in total. The highest BCUT2D eigenvalue weighted by atomic mass is 19.1. The molecule has 7 heteroatoms. The predicted molar refractivity (Wildman–Crippen MR) is 90.0 cm³/mol. The maximum absolute atomic E-state index is 14.0. The number of fused-ring (bicyclic) bond motifs is 1. The van der Waals surface area contributed by atoms with Gasteiger partial charge < -0.3 is 10.2 Å². The third kappa shape index (κ3) is 3.36. The zero-order valence-electron chi connectivity index (χ0n) is 14.6. The molecule has 1 aromatic heterocycles. The summed E-state index contributed by atoms with van der Waals surface area (Å²) >= 11 is 0. The van der Waals surface area contributed by atoms with Crippen LogP contribution in [0.5, 0.6) is 0 Å². The van der Waals surface area contributed by atoms with Crippen molar-refractivity contribution >= 4 is 6.03 Å². The molecule has 134 valence electrons. The summed E-state index contributed by atoms with van der Waals surface area (Å²) in [6, 6.07) is 2.25. The summed E-state index contributed by atoms with van der Waals surface area (Å²) in [7, 11) is 3.47. The number of aryl methyl sites for hydroxylation is 1. The van der Waals surface area contributed by atoms with Crippen molar-refractivity contribution in [2.45, 2.75) is 38.3 Å². The number of nitrogens with one attached hydrogen (secondary N) is 1. The van der Waals surface area contributed by atoms with Gasteiger partial charge in [0.1, 0.15) is 11.6 Å². The molecular weight excluding hydrogens is 326 g/mol. The van der Waals surface area contributed by atoms with Crippen molar-refractivity contribution in [3.05, 3.63) is 52.9 Å². The Kier molecular flexibility index (Phi) is 4.74. The number of rotatable bonds is 3. The fraction of sp³-hybridized carbons (Fsp3) is 0.444. The van der Waals surface area contributed by atoms with Gasteiger partial charge in [-0.15, -0.1) is 0 Å². The summed E-state index contributed by atoms with van der Waals surface area (Å²) in [6.45, 7) is 1.67. The van der Waals surface area contributed by atoms with E-state index in [4.69, 9.17) is 0 Å². The molecule has 25 heavy (non-hydrogen) atoms. The van der Waals surface area contributed by atoms with Crippen molar-refractivity contribution in [3.63, 3.8) is 0 Å². The van der Waals surface area contributed by atoms with E-state index in [9.17, 15) is 13.6 Å². The highest BCUT2D eigenvalue weighted by Gasteiger charge is 2.27. The Morgan fingerprint density at radius 3 is 2.96 bits per heavy atom. The fourth-order valence-corrected chi connectivity index (χ4v) is 3.33. The van der Waals surface area contributed by atoms with E-state index < -0.39 is 17.7 Å². The van der Waals surface area contributed by atoms with Gasteiger partial charge in [0, 0.05) is 30.9 Å². The standard InChI is InChI=1S/C18H22F2N4O/c1-11(13-9-12(19)7-8-15(13)20)23(2)18(25)22-16-5-4-6-17-14(16)10-21-24(17)3/h7-11,16H,4-6H2,1-3H3,(H,22,25)/t11-,16-/m1/s1. The number of benzene rings is 1. The highest BCUT2D eigenvalue weighted by Crippen LogP contribution is 2.30. The number of urea groups is 1. The molecule has 2 aromatic rings. The van der Waals surface area contributed by atoms with Gasteiger partial charge in [-0.1, -0.05) is 0 Å². The van der Waals surface area contributed by atoms with E-state index >= 15 is 0 Å². The first-order chi connectivity index (χ1) is 11.9. The van der Waals surface area contributed by atoms with Crippen LogP contribution in [0.3, 0.4) is 0 Å². The minimum atomic E-state index is -0.590. The first-order valence-electron chi connectivity index (χ1n) is 8.37. The predicted octanol–water partition coefficient (Wildman–Crippen LogP) is 3.48. The molecule has 0 spiro atoms. The van der Waals surface area contributed by atoms with Gasteiger partial charge in [-0.25, -0.2) is 13.6 Å². The number of amides is 2. The van der Waals surface area contributed by atoms with Gasteiger partial charge in [0.25, 0.3) is 0 Å². The number of carbonyl (C=O) groups is 1. The molecule has 1 aromatic carbocycles. The molecule has 1 heterocycles. The van der Waals surface area contributed by atoms with Gasteiger partial charge in [-0.3, -0.25) is 4.68 Å². The van der Waals surface area contributed by atoms with E-state index in [0.717, 1.165) is 48.7 Å². The molecule has 2 amide bonds. The van der Waals surface area contributed by atoms with E-state index in [2.05, 4.69) is 10.4 Å². The van der Waals surface area contributed by atoms with Crippen molar-refractivity contribution in [3.8, 4) is 0 Å². The van der Waals surface area contributed by atoms with Crippen LogP contribution >= 0.6 is 0 Å². The third-order valence-corrected chi connectivity index (χ3v) is 4.98. The molecular formula is C18H22F2N4O. The molecule has 1 aliphatic rings. The van der Waals surface area contributed by atoms with Crippen LogP contribution in [0, 0.1) is 11.6 Å². The van der Waals surface area contributed by atoms with Crippen LogP contribution in [-0.4, -0.2) is 27.8 Å². The molecule has 2 atom stereocenters. The van der Waals surface area contributed by atoms with E-state index in [-0.39, 0.29) is 17.6 Å². The van der Waals surface area contributed by atoms with E-state index in [0.29, 0.717) is 0 Å². The lowest BCUT2D eigenvalue weighted by Crippen LogP contribution is -2.41.